The van der Waals surface area contributed by atoms with Crippen LogP contribution in [0.5, 0.6) is 5.75 Å². The van der Waals surface area contributed by atoms with Gasteiger partial charge in [-0.25, -0.2) is 0 Å². The van der Waals surface area contributed by atoms with Gasteiger partial charge in [0.1, 0.15) is 5.75 Å². The van der Waals surface area contributed by atoms with Crippen molar-refractivity contribution in [2.45, 2.75) is 38.1 Å². The van der Waals surface area contributed by atoms with E-state index in [1.54, 1.807) is 13.3 Å². The summed E-state index contributed by atoms with van der Waals surface area (Å²) in [6.45, 7) is 4.74. The number of hydrogen-bond donors (Lipinski definition) is 1. The van der Waals surface area contributed by atoms with Gasteiger partial charge in [0.2, 0.25) is 0 Å². The molecule has 3 fully saturated rings. The number of benzene rings is 1. The first-order valence-corrected chi connectivity index (χ1v) is 11.0. The number of fused-ring (bicyclic) bond motifs is 1. The Morgan fingerprint density at radius 2 is 1.97 bits per heavy atom. The Morgan fingerprint density at radius 1 is 1.17 bits per heavy atom. The highest BCUT2D eigenvalue weighted by molar-refractivity contribution is 6.07. The first-order valence-electron chi connectivity index (χ1n) is 11.0. The molecule has 2 heterocycles. The molecule has 0 unspecified atom stereocenters. The van der Waals surface area contributed by atoms with E-state index in [0.29, 0.717) is 11.6 Å². The largest absolute Gasteiger partial charge is 0.497 e. The number of carbonyl (C=O) groups is 1. The summed E-state index contributed by atoms with van der Waals surface area (Å²) < 4.78 is 5.43. The van der Waals surface area contributed by atoms with Crippen LogP contribution in [0.4, 0.5) is 5.69 Å². The number of methoxy groups -OCH3 is 1. The molecule has 6 heteroatoms. The number of aromatic nitrogens is 1. The maximum Gasteiger partial charge on any atom is 0.257 e. The Kier molecular flexibility index (Phi) is 5.04. The van der Waals surface area contributed by atoms with Crippen LogP contribution in [0.2, 0.25) is 0 Å². The summed E-state index contributed by atoms with van der Waals surface area (Å²) in [5.41, 5.74) is 2.50. The minimum absolute atomic E-state index is 0.0927. The fourth-order valence-electron chi connectivity index (χ4n) is 4.34. The lowest BCUT2D eigenvalue weighted by molar-refractivity contribution is 0.0632. The van der Waals surface area contributed by atoms with Crippen LogP contribution in [0.3, 0.4) is 0 Å². The lowest BCUT2D eigenvalue weighted by Crippen LogP contribution is -2.49. The molecule has 0 atom stereocenters. The molecule has 0 spiro atoms. The smallest absolute Gasteiger partial charge is 0.257 e. The molecule has 0 bridgehead atoms. The minimum Gasteiger partial charge on any atom is -0.497 e. The maximum absolute atomic E-state index is 13.4. The number of carbonyl (C=O) groups excluding carboxylic acids is 1. The van der Waals surface area contributed by atoms with Gasteiger partial charge in [0, 0.05) is 50.3 Å². The van der Waals surface area contributed by atoms with Crippen LogP contribution in [0, 0.1) is 5.92 Å². The van der Waals surface area contributed by atoms with E-state index in [1.165, 1.54) is 25.8 Å². The number of rotatable bonds is 6. The molecule has 2 aliphatic carbocycles. The molecule has 1 amide bonds. The number of nitrogens with one attached hydrogen (secondary N) is 1. The second-order valence-electron chi connectivity index (χ2n) is 8.74. The Hall–Kier alpha value is -2.34. The highest BCUT2D eigenvalue weighted by Gasteiger charge is 2.30. The molecule has 1 N–H and O–H groups in total. The van der Waals surface area contributed by atoms with Crippen molar-refractivity contribution in [1.29, 1.82) is 0 Å². The third-order valence-corrected chi connectivity index (χ3v) is 6.63. The second-order valence-corrected chi connectivity index (χ2v) is 8.74. The normalized spacial score (nSPS) is 20.5. The molecular formula is C23H30N4O2. The number of anilines is 1. The third-order valence-electron chi connectivity index (χ3n) is 6.63. The number of pyridine rings is 1. The van der Waals surface area contributed by atoms with Crippen LogP contribution in [0.25, 0.3) is 10.9 Å². The van der Waals surface area contributed by atoms with Crippen molar-refractivity contribution in [1.82, 2.24) is 14.8 Å². The first-order chi connectivity index (χ1) is 14.2. The Balaban J connectivity index is 1.41. The number of nitrogens with zero attached hydrogens (tertiary/aromatic N) is 3. The van der Waals surface area contributed by atoms with Gasteiger partial charge < -0.3 is 15.0 Å². The highest BCUT2D eigenvalue weighted by atomic mass is 16.5. The Labute approximate surface area is 172 Å². The molecule has 6 nitrogen and oxygen atoms in total. The zero-order valence-corrected chi connectivity index (χ0v) is 17.2. The van der Waals surface area contributed by atoms with Crippen molar-refractivity contribution in [3.8, 4) is 5.75 Å². The number of amides is 1. The molecule has 2 saturated carbocycles. The van der Waals surface area contributed by atoms with Gasteiger partial charge in [-0.15, -0.1) is 0 Å². The summed E-state index contributed by atoms with van der Waals surface area (Å²) in [6, 6.07) is 6.32. The molecule has 2 aromatic rings. The van der Waals surface area contributed by atoms with Gasteiger partial charge in [0.25, 0.3) is 5.91 Å². The van der Waals surface area contributed by atoms with E-state index in [0.717, 1.165) is 67.3 Å². The molecule has 29 heavy (non-hydrogen) atoms. The molecule has 1 saturated heterocycles. The number of piperazine rings is 1. The number of ether oxygens (including phenoxy) is 1. The zero-order chi connectivity index (χ0) is 19.8. The van der Waals surface area contributed by atoms with Crippen LogP contribution in [-0.2, 0) is 0 Å². The van der Waals surface area contributed by atoms with Gasteiger partial charge in [0.15, 0.2) is 0 Å². The minimum atomic E-state index is 0.0927. The predicted molar refractivity (Wildman–Crippen MR) is 115 cm³/mol. The van der Waals surface area contributed by atoms with Gasteiger partial charge in [0.05, 0.1) is 23.9 Å². The maximum atomic E-state index is 13.4. The second kappa shape index (κ2) is 7.82. The van der Waals surface area contributed by atoms with Crippen LogP contribution in [-0.4, -0.2) is 66.6 Å². The SMILES string of the molecule is COc1ccc2ncc(C(=O)N3CCN(CC4CC4)CC3)c(NC3CCC3)c2c1. The molecule has 3 aliphatic rings. The van der Waals surface area contributed by atoms with E-state index < -0.39 is 0 Å². The van der Waals surface area contributed by atoms with Crippen molar-refractivity contribution in [2.75, 3.05) is 45.2 Å². The summed E-state index contributed by atoms with van der Waals surface area (Å²) in [5, 5.41) is 4.62. The quantitative estimate of drug-likeness (QED) is 0.814. The van der Waals surface area contributed by atoms with Gasteiger partial charge in [-0.3, -0.25) is 14.7 Å². The molecule has 1 aromatic carbocycles. The summed E-state index contributed by atoms with van der Waals surface area (Å²) in [7, 11) is 1.67. The molecule has 0 radical (unpaired) electrons. The van der Waals surface area contributed by atoms with Gasteiger partial charge in [-0.2, -0.15) is 0 Å². The summed E-state index contributed by atoms with van der Waals surface area (Å²) >= 11 is 0. The monoisotopic (exact) mass is 394 g/mol. The van der Waals surface area contributed by atoms with Crippen molar-refractivity contribution < 1.29 is 9.53 Å². The molecule has 154 valence electrons. The lowest BCUT2D eigenvalue weighted by Gasteiger charge is -2.35. The van der Waals surface area contributed by atoms with Gasteiger partial charge >= 0.3 is 0 Å². The Morgan fingerprint density at radius 3 is 2.62 bits per heavy atom. The van der Waals surface area contributed by atoms with Crippen LogP contribution >= 0.6 is 0 Å². The van der Waals surface area contributed by atoms with E-state index in [4.69, 9.17) is 4.74 Å². The van der Waals surface area contributed by atoms with E-state index in [9.17, 15) is 4.79 Å². The molecular weight excluding hydrogens is 364 g/mol. The van der Waals surface area contributed by atoms with Crippen molar-refractivity contribution in [3.63, 3.8) is 0 Å². The van der Waals surface area contributed by atoms with E-state index in [-0.39, 0.29) is 5.91 Å². The predicted octanol–water partition coefficient (Wildman–Crippen LogP) is 3.38. The standard InChI is InChI=1S/C23H30N4O2/c1-29-18-7-8-21-19(13-18)22(25-17-3-2-4-17)20(14-24-21)23(28)27-11-9-26(10-12-27)15-16-5-6-16/h7-8,13-14,16-17H,2-6,9-12,15H2,1H3,(H,24,25). The fraction of sp³-hybridized carbons (Fsp3) is 0.565. The van der Waals surface area contributed by atoms with Crippen molar-refractivity contribution in [3.05, 3.63) is 30.0 Å². The summed E-state index contributed by atoms with van der Waals surface area (Å²) in [5.74, 6) is 1.78. The summed E-state index contributed by atoms with van der Waals surface area (Å²) in [4.78, 5) is 22.5. The van der Waals surface area contributed by atoms with Gasteiger partial charge in [-0.1, -0.05) is 0 Å². The van der Waals surface area contributed by atoms with E-state index in [1.807, 2.05) is 23.1 Å². The molecule has 5 rings (SSSR count). The van der Waals surface area contributed by atoms with Crippen LogP contribution in [0.15, 0.2) is 24.4 Å². The molecule has 1 aliphatic heterocycles. The fourth-order valence-corrected chi connectivity index (χ4v) is 4.34. The van der Waals surface area contributed by atoms with E-state index >= 15 is 0 Å². The third kappa shape index (κ3) is 3.90. The number of hydrogen-bond acceptors (Lipinski definition) is 5. The van der Waals surface area contributed by atoms with Crippen molar-refractivity contribution >= 4 is 22.5 Å². The Bertz CT molecular complexity index is 899. The summed E-state index contributed by atoms with van der Waals surface area (Å²) in [6.07, 6.45) is 8.07. The lowest BCUT2D eigenvalue weighted by atomic mass is 9.92. The zero-order valence-electron chi connectivity index (χ0n) is 17.2. The van der Waals surface area contributed by atoms with Crippen LogP contribution < -0.4 is 10.1 Å². The van der Waals surface area contributed by atoms with Crippen molar-refractivity contribution in [2.24, 2.45) is 5.92 Å². The molecule has 1 aromatic heterocycles. The first kappa shape index (κ1) is 18.7. The van der Waals surface area contributed by atoms with Crippen LogP contribution in [0.1, 0.15) is 42.5 Å². The average Bonchev–Trinajstić information content (AvgIpc) is 3.54. The van der Waals surface area contributed by atoms with Gasteiger partial charge in [-0.05, 0) is 56.2 Å². The average molecular weight is 395 g/mol. The topological polar surface area (TPSA) is 57.7 Å². The van der Waals surface area contributed by atoms with E-state index in [2.05, 4.69) is 15.2 Å². The highest BCUT2D eigenvalue weighted by Crippen LogP contribution is 2.34.